The first-order valence-corrected chi connectivity index (χ1v) is 9.57. The lowest BCUT2D eigenvalue weighted by Gasteiger charge is -2.55. The van der Waals surface area contributed by atoms with Gasteiger partial charge in [0.25, 0.3) is 5.91 Å². The van der Waals surface area contributed by atoms with E-state index in [1.54, 1.807) is 13.3 Å². The van der Waals surface area contributed by atoms with Crippen molar-refractivity contribution in [1.29, 1.82) is 0 Å². The predicted molar refractivity (Wildman–Crippen MR) is 101 cm³/mol. The third-order valence-electron chi connectivity index (χ3n) is 6.23. The maximum absolute atomic E-state index is 11.6. The molecule has 1 saturated heterocycles. The normalized spacial score (nSPS) is 28.2. The Morgan fingerprint density at radius 2 is 2.11 bits per heavy atom. The van der Waals surface area contributed by atoms with Gasteiger partial charge in [-0.25, -0.2) is 4.98 Å². The highest BCUT2D eigenvalue weighted by Gasteiger charge is 2.53. The number of pyridine rings is 1. The molecule has 2 atom stereocenters. The van der Waals surface area contributed by atoms with Crippen LogP contribution in [0.2, 0.25) is 0 Å². The Morgan fingerprint density at radius 1 is 1.37 bits per heavy atom. The van der Waals surface area contributed by atoms with Crippen LogP contribution in [0.3, 0.4) is 0 Å². The van der Waals surface area contributed by atoms with Crippen LogP contribution in [-0.4, -0.2) is 46.0 Å². The number of hydrogen-bond acceptors (Lipinski definition) is 5. The van der Waals surface area contributed by atoms with Crippen LogP contribution in [0.1, 0.15) is 46.8 Å². The Hall–Kier alpha value is -2.25. The standard InChI is InChI=1S/C20H27N5O2/c1-13-23-9-17(24-13)12-25-10-15-4-3-5-16(11-25)20(15,27-2)14-6-7-22-18(8-14)19(21)26/h6-9,15-16H,3-5,10-12H2,1-2H3,(H2,21,26)(H,23,24). The summed E-state index contributed by atoms with van der Waals surface area (Å²) in [4.78, 5) is 25.9. The number of amides is 1. The highest BCUT2D eigenvalue weighted by Crippen LogP contribution is 2.51. The van der Waals surface area contributed by atoms with E-state index in [1.807, 2.05) is 25.3 Å². The first-order valence-electron chi connectivity index (χ1n) is 9.57. The van der Waals surface area contributed by atoms with Gasteiger partial charge in [-0.2, -0.15) is 0 Å². The molecule has 7 nitrogen and oxygen atoms in total. The SMILES string of the molecule is COC1(c2ccnc(C(N)=O)c2)C2CCCC1CN(Cc1cnc(C)[nH]1)C2. The first kappa shape index (κ1) is 18.1. The van der Waals surface area contributed by atoms with Gasteiger partial charge in [0.05, 0.1) is 0 Å². The van der Waals surface area contributed by atoms with E-state index in [4.69, 9.17) is 10.5 Å². The van der Waals surface area contributed by atoms with E-state index >= 15 is 0 Å². The molecule has 27 heavy (non-hydrogen) atoms. The third kappa shape index (κ3) is 3.15. The molecule has 2 bridgehead atoms. The summed E-state index contributed by atoms with van der Waals surface area (Å²) in [6.07, 6.45) is 7.02. The number of H-pyrrole nitrogens is 1. The summed E-state index contributed by atoms with van der Waals surface area (Å²) in [6.45, 7) is 4.76. The number of ether oxygens (including phenoxy) is 1. The third-order valence-corrected chi connectivity index (χ3v) is 6.23. The van der Waals surface area contributed by atoms with Gasteiger partial charge in [0.15, 0.2) is 0 Å². The first-order chi connectivity index (χ1) is 13.0. The maximum atomic E-state index is 11.6. The van der Waals surface area contributed by atoms with Crippen molar-refractivity contribution in [2.45, 2.75) is 38.3 Å². The van der Waals surface area contributed by atoms with E-state index in [-0.39, 0.29) is 5.60 Å². The lowest BCUT2D eigenvalue weighted by atomic mass is 9.62. The summed E-state index contributed by atoms with van der Waals surface area (Å²) in [5, 5.41) is 0. The minimum Gasteiger partial charge on any atom is -0.373 e. The van der Waals surface area contributed by atoms with Gasteiger partial charge in [-0.05, 0) is 37.5 Å². The van der Waals surface area contributed by atoms with Crippen molar-refractivity contribution in [2.24, 2.45) is 17.6 Å². The van der Waals surface area contributed by atoms with E-state index in [0.29, 0.717) is 17.5 Å². The van der Waals surface area contributed by atoms with Gasteiger partial charge in [-0.3, -0.25) is 14.7 Å². The zero-order valence-corrected chi connectivity index (χ0v) is 15.9. The fourth-order valence-corrected chi connectivity index (χ4v) is 5.18. The second-order valence-electron chi connectivity index (χ2n) is 7.80. The zero-order chi connectivity index (χ0) is 19.0. The number of fused-ring (bicyclic) bond motifs is 2. The second-order valence-corrected chi connectivity index (χ2v) is 7.80. The number of aromatic nitrogens is 3. The zero-order valence-electron chi connectivity index (χ0n) is 15.9. The van der Waals surface area contributed by atoms with E-state index < -0.39 is 5.91 Å². The molecule has 2 aromatic rings. The summed E-state index contributed by atoms with van der Waals surface area (Å²) in [5.74, 6) is 1.17. The van der Waals surface area contributed by atoms with Gasteiger partial charge in [0, 0.05) is 56.7 Å². The molecule has 2 fully saturated rings. The van der Waals surface area contributed by atoms with Crippen LogP contribution in [0.25, 0.3) is 0 Å². The molecule has 1 aliphatic heterocycles. The van der Waals surface area contributed by atoms with Crippen molar-refractivity contribution in [2.75, 3.05) is 20.2 Å². The number of methoxy groups -OCH3 is 1. The number of aryl methyl sites for hydroxylation is 1. The molecular formula is C20H27N5O2. The Bertz CT molecular complexity index is 819. The van der Waals surface area contributed by atoms with Gasteiger partial charge in [-0.1, -0.05) is 6.42 Å². The van der Waals surface area contributed by atoms with Crippen molar-refractivity contribution in [3.8, 4) is 0 Å². The molecule has 1 saturated carbocycles. The second kappa shape index (κ2) is 7.05. The summed E-state index contributed by atoms with van der Waals surface area (Å²) in [6, 6.07) is 3.81. The van der Waals surface area contributed by atoms with Gasteiger partial charge in [-0.15, -0.1) is 0 Å². The van der Waals surface area contributed by atoms with Crippen molar-refractivity contribution in [3.05, 3.63) is 47.3 Å². The topological polar surface area (TPSA) is 97.1 Å². The van der Waals surface area contributed by atoms with Crippen molar-refractivity contribution >= 4 is 5.91 Å². The van der Waals surface area contributed by atoms with Crippen molar-refractivity contribution in [1.82, 2.24) is 19.9 Å². The van der Waals surface area contributed by atoms with Crippen LogP contribution >= 0.6 is 0 Å². The number of rotatable bonds is 5. The minimum atomic E-state index is -0.500. The Balaban J connectivity index is 1.64. The molecule has 2 aliphatic rings. The Labute approximate surface area is 159 Å². The van der Waals surface area contributed by atoms with Crippen molar-refractivity contribution in [3.63, 3.8) is 0 Å². The molecule has 0 spiro atoms. The number of primary amides is 1. The van der Waals surface area contributed by atoms with Crippen LogP contribution in [-0.2, 0) is 16.9 Å². The van der Waals surface area contributed by atoms with E-state index in [2.05, 4.69) is 19.9 Å². The largest absolute Gasteiger partial charge is 0.373 e. The molecule has 144 valence electrons. The molecule has 3 N–H and O–H groups in total. The molecule has 7 heteroatoms. The summed E-state index contributed by atoms with van der Waals surface area (Å²) in [5.41, 5.74) is 7.56. The van der Waals surface area contributed by atoms with Crippen LogP contribution in [0.4, 0.5) is 0 Å². The van der Waals surface area contributed by atoms with Crippen LogP contribution in [0.15, 0.2) is 24.5 Å². The molecule has 2 aromatic heterocycles. The number of hydrogen-bond donors (Lipinski definition) is 2. The quantitative estimate of drug-likeness (QED) is 0.840. The fourth-order valence-electron chi connectivity index (χ4n) is 5.18. The number of piperidine rings is 1. The molecule has 4 rings (SSSR count). The summed E-state index contributed by atoms with van der Waals surface area (Å²) in [7, 11) is 1.80. The number of imidazole rings is 1. The molecule has 0 radical (unpaired) electrons. The average molecular weight is 369 g/mol. The van der Waals surface area contributed by atoms with Gasteiger partial charge in [0.1, 0.15) is 17.1 Å². The Kier molecular flexibility index (Phi) is 4.74. The monoisotopic (exact) mass is 369 g/mol. The number of likely N-dealkylation sites (tertiary alicyclic amines) is 1. The van der Waals surface area contributed by atoms with E-state index in [9.17, 15) is 4.79 Å². The van der Waals surface area contributed by atoms with E-state index in [1.165, 1.54) is 6.42 Å². The van der Waals surface area contributed by atoms with Gasteiger partial charge < -0.3 is 15.5 Å². The molecule has 0 aromatic carbocycles. The van der Waals surface area contributed by atoms with E-state index in [0.717, 1.165) is 49.6 Å². The molecule has 2 unspecified atom stereocenters. The molecular weight excluding hydrogens is 342 g/mol. The van der Waals surface area contributed by atoms with Crippen molar-refractivity contribution < 1.29 is 9.53 Å². The lowest BCUT2D eigenvalue weighted by molar-refractivity contribution is -0.170. The van der Waals surface area contributed by atoms with Gasteiger partial charge >= 0.3 is 0 Å². The maximum Gasteiger partial charge on any atom is 0.267 e. The van der Waals surface area contributed by atoms with Gasteiger partial charge in [0.2, 0.25) is 0 Å². The fraction of sp³-hybridized carbons (Fsp3) is 0.550. The minimum absolute atomic E-state index is 0.303. The van der Waals surface area contributed by atoms with Crippen LogP contribution in [0, 0.1) is 18.8 Å². The number of nitrogens with two attached hydrogens (primary N) is 1. The lowest BCUT2D eigenvalue weighted by Crippen LogP contribution is -2.58. The molecule has 3 heterocycles. The number of carbonyl (C=O) groups excluding carboxylic acids is 1. The highest BCUT2D eigenvalue weighted by atomic mass is 16.5. The average Bonchev–Trinajstić information content (AvgIpc) is 3.06. The number of nitrogens with zero attached hydrogens (tertiary/aromatic N) is 3. The smallest absolute Gasteiger partial charge is 0.267 e. The van der Waals surface area contributed by atoms with Crippen LogP contribution < -0.4 is 5.73 Å². The number of carbonyl (C=O) groups is 1. The van der Waals surface area contributed by atoms with Crippen LogP contribution in [0.5, 0.6) is 0 Å². The summed E-state index contributed by atoms with van der Waals surface area (Å²) < 4.78 is 6.24. The number of nitrogens with one attached hydrogen (secondary N) is 1. The molecule has 1 aliphatic carbocycles. The summed E-state index contributed by atoms with van der Waals surface area (Å²) >= 11 is 0. The Morgan fingerprint density at radius 3 is 2.70 bits per heavy atom. The predicted octanol–water partition coefficient (Wildman–Crippen LogP) is 1.99. The molecule has 1 amide bonds. The highest BCUT2D eigenvalue weighted by molar-refractivity contribution is 5.90. The number of aromatic amines is 1.